The van der Waals surface area contributed by atoms with E-state index in [-0.39, 0.29) is 58.4 Å². The first kappa shape index (κ1) is 16.8. The molecule has 0 spiro atoms. The maximum Gasteiger partial charge on any atom is 0.143 e. The molecule has 0 aliphatic carbocycles. The van der Waals surface area contributed by atoms with Crippen LogP contribution in [0.2, 0.25) is 0 Å². The van der Waals surface area contributed by atoms with Gasteiger partial charge in [0.2, 0.25) is 0 Å². The Balaban J connectivity index is 1.44. The number of benzene rings is 8. The maximum absolute atomic E-state index is 9.72. The summed E-state index contributed by atoms with van der Waals surface area (Å²) >= 11 is 0. The highest BCUT2D eigenvalue weighted by Gasteiger charge is 2.22. The van der Waals surface area contributed by atoms with Crippen LogP contribution in [0.3, 0.4) is 0 Å². The minimum absolute atomic E-state index is 0.0656. The van der Waals surface area contributed by atoms with E-state index < -0.39 is 30.2 Å². The lowest BCUT2D eigenvalue weighted by atomic mass is 9.84. The quantitative estimate of drug-likeness (QED) is 0.188. The zero-order valence-corrected chi connectivity index (χ0v) is 23.7. The number of hydrogen-bond donors (Lipinski definition) is 0. The normalized spacial score (nSPS) is 15.0. The van der Waals surface area contributed by atoms with Crippen LogP contribution in [0.15, 0.2) is 174 Å². The molecule has 0 amide bonds. The second kappa shape index (κ2) is 10.4. The summed E-state index contributed by atoms with van der Waals surface area (Å²) in [6, 6.07) is 27.7. The average molecular weight is 584 g/mol. The summed E-state index contributed by atoms with van der Waals surface area (Å²) in [7, 11) is 0. The molecule has 0 saturated heterocycles. The summed E-state index contributed by atoms with van der Waals surface area (Å²) in [5.41, 5.74) is 3.93. The lowest BCUT2D eigenvalue weighted by molar-refractivity contribution is 0.670. The van der Waals surface area contributed by atoms with E-state index in [4.69, 9.17) is 16.8 Å². The second-order valence-electron chi connectivity index (χ2n) is 10.8. The predicted molar refractivity (Wildman–Crippen MR) is 190 cm³/mol. The van der Waals surface area contributed by atoms with E-state index >= 15 is 0 Å². The molecule has 45 heavy (non-hydrogen) atoms. The van der Waals surface area contributed by atoms with Crippen molar-refractivity contribution in [2.45, 2.75) is 0 Å². The lowest BCUT2D eigenvalue weighted by Crippen LogP contribution is -1.92. The van der Waals surface area contributed by atoms with Crippen LogP contribution in [0.4, 0.5) is 0 Å². The molecule has 1 heterocycles. The molecule has 0 bridgehead atoms. The third-order valence-electron chi connectivity index (χ3n) is 8.31. The molecule has 0 atom stereocenters. The smallest absolute Gasteiger partial charge is 0.143 e. The van der Waals surface area contributed by atoms with Gasteiger partial charge >= 0.3 is 0 Å². The first-order chi connectivity index (χ1) is 26.9. The molecule has 0 saturated carbocycles. The Morgan fingerprint density at radius 2 is 0.978 bits per heavy atom. The molecule has 210 valence electrons. The average Bonchev–Trinajstić information content (AvgIpc) is 3.61. The van der Waals surface area contributed by atoms with Gasteiger partial charge < -0.3 is 4.42 Å². The minimum atomic E-state index is -0.469. The fraction of sp³-hybridized carbons (Fsp3) is 0. The van der Waals surface area contributed by atoms with Gasteiger partial charge in [0.25, 0.3) is 0 Å². The summed E-state index contributed by atoms with van der Waals surface area (Å²) in [4.78, 5) is 0. The molecule has 8 aromatic carbocycles. The highest BCUT2D eigenvalue weighted by atomic mass is 16.3. The van der Waals surface area contributed by atoms with Gasteiger partial charge in [0.05, 0.1) is 15.1 Å². The zero-order chi connectivity index (χ0) is 39.3. The van der Waals surface area contributed by atoms with E-state index in [1.807, 2.05) is 78.9 Å². The van der Waals surface area contributed by atoms with Crippen molar-refractivity contribution >= 4 is 43.5 Å². The Hall–Kier alpha value is -5.92. The summed E-state index contributed by atoms with van der Waals surface area (Å²) in [5, 5.41) is 3.35. The van der Waals surface area contributed by atoms with E-state index in [0.29, 0.717) is 49.5 Å². The van der Waals surface area contributed by atoms with Crippen molar-refractivity contribution in [3.63, 3.8) is 0 Å². The number of furan rings is 1. The predicted octanol–water partition coefficient (Wildman–Crippen LogP) is 12.6. The summed E-state index contributed by atoms with van der Waals surface area (Å²) in [5.74, 6) is 0. The first-order valence-corrected chi connectivity index (χ1v) is 14.5. The first-order valence-electron chi connectivity index (χ1n) is 20.0. The summed E-state index contributed by atoms with van der Waals surface area (Å²) in [6.45, 7) is 0. The van der Waals surface area contributed by atoms with Crippen LogP contribution in [-0.2, 0) is 0 Å². The van der Waals surface area contributed by atoms with Crippen molar-refractivity contribution in [2.24, 2.45) is 0 Å². The zero-order valence-electron chi connectivity index (χ0n) is 34.7. The topological polar surface area (TPSA) is 13.1 Å². The van der Waals surface area contributed by atoms with Gasteiger partial charge in [-0.15, -0.1) is 0 Å². The van der Waals surface area contributed by atoms with Gasteiger partial charge in [-0.3, -0.25) is 0 Å². The molecule has 0 aliphatic rings. The van der Waals surface area contributed by atoms with Gasteiger partial charge in [-0.25, -0.2) is 0 Å². The Kier molecular flexibility index (Phi) is 3.87. The molecule has 0 radical (unpaired) electrons. The van der Waals surface area contributed by atoms with Crippen LogP contribution >= 0.6 is 0 Å². The van der Waals surface area contributed by atoms with Crippen LogP contribution in [0, 0.1) is 0 Å². The number of hydrogen-bond acceptors (Lipinski definition) is 1. The Morgan fingerprint density at radius 1 is 0.400 bits per heavy atom. The fourth-order valence-corrected chi connectivity index (χ4v) is 6.41. The monoisotopic (exact) mass is 583 g/mol. The third kappa shape index (κ3) is 4.09. The minimum Gasteiger partial charge on any atom is -0.455 e. The standard InChI is InChI=1S/C44H28O/c1-3-14-29(15-4-1)31-18-13-19-32(28-31)41-34-20-7-9-22-36(34)42(37-23-10-8-21-35(37)41)39-27-26-33(30-16-5-2-6-17-30)44-43(39)38-24-11-12-25-40(38)45-44/h1-28H/i1D,3D,4D,11D,12D,14D,15D,24D,25D,26D,27D. The van der Waals surface area contributed by atoms with E-state index in [1.54, 1.807) is 24.3 Å². The van der Waals surface area contributed by atoms with Crippen molar-refractivity contribution in [1.82, 2.24) is 0 Å². The molecule has 0 aliphatic heterocycles. The Morgan fingerprint density at radius 3 is 1.71 bits per heavy atom. The SMILES string of the molecule is [2H]c1c([2H])c([2H])c(-c2cccc(-c3c4ccccc4c(-c4c([2H])c([2H])c(-c5ccccc5)c5oc6c([2H])c([2H])c([2H])c([2H])c6c45)c4ccccc34)c2)c([2H])c1[2H]. The van der Waals surface area contributed by atoms with Crippen LogP contribution in [0.25, 0.3) is 88.0 Å². The van der Waals surface area contributed by atoms with Crippen LogP contribution in [0.5, 0.6) is 0 Å². The van der Waals surface area contributed by atoms with Gasteiger partial charge in [0.15, 0.2) is 0 Å². The van der Waals surface area contributed by atoms with E-state index in [1.165, 1.54) is 0 Å². The molecule has 9 aromatic rings. The molecule has 1 heteroatoms. The Labute approximate surface area is 277 Å². The van der Waals surface area contributed by atoms with Crippen molar-refractivity contribution in [2.75, 3.05) is 0 Å². The van der Waals surface area contributed by atoms with Gasteiger partial charge in [-0.05, 0) is 78.6 Å². The number of fused-ring (bicyclic) bond motifs is 5. The third-order valence-corrected chi connectivity index (χ3v) is 8.31. The molecular formula is C44H28O. The molecule has 1 nitrogen and oxygen atoms in total. The number of rotatable bonds is 4. The maximum atomic E-state index is 9.72. The van der Waals surface area contributed by atoms with E-state index in [9.17, 15) is 2.74 Å². The van der Waals surface area contributed by atoms with Crippen LogP contribution in [0.1, 0.15) is 15.1 Å². The van der Waals surface area contributed by atoms with Gasteiger partial charge in [-0.1, -0.05) is 151 Å². The lowest BCUT2D eigenvalue weighted by Gasteiger charge is -2.19. The molecule has 0 unspecified atom stereocenters. The Bertz CT molecular complexity index is 3070. The van der Waals surface area contributed by atoms with Crippen LogP contribution < -0.4 is 0 Å². The van der Waals surface area contributed by atoms with Gasteiger partial charge in [0.1, 0.15) is 11.2 Å². The highest BCUT2D eigenvalue weighted by Crippen LogP contribution is 2.48. The van der Waals surface area contributed by atoms with E-state index in [2.05, 4.69) is 0 Å². The molecule has 0 fully saturated rings. The summed E-state index contributed by atoms with van der Waals surface area (Å²) in [6.07, 6.45) is 0. The molecule has 9 rings (SSSR count). The molecule has 1 aromatic heterocycles. The van der Waals surface area contributed by atoms with E-state index in [0.717, 1.165) is 16.3 Å². The van der Waals surface area contributed by atoms with Gasteiger partial charge in [0, 0.05) is 16.3 Å². The largest absolute Gasteiger partial charge is 0.455 e. The van der Waals surface area contributed by atoms with Crippen molar-refractivity contribution in [1.29, 1.82) is 0 Å². The van der Waals surface area contributed by atoms with Crippen LogP contribution in [-0.4, -0.2) is 0 Å². The number of para-hydroxylation sites is 1. The summed E-state index contributed by atoms with van der Waals surface area (Å²) < 4.78 is 102. The second-order valence-corrected chi connectivity index (χ2v) is 10.8. The van der Waals surface area contributed by atoms with Crippen molar-refractivity contribution in [3.05, 3.63) is 170 Å². The fourth-order valence-electron chi connectivity index (χ4n) is 6.41. The van der Waals surface area contributed by atoms with Crippen molar-refractivity contribution < 1.29 is 19.5 Å². The highest BCUT2D eigenvalue weighted by molar-refractivity contribution is 6.26. The van der Waals surface area contributed by atoms with Gasteiger partial charge in [-0.2, -0.15) is 0 Å². The molecule has 0 N–H and O–H groups in total. The van der Waals surface area contributed by atoms with Crippen molar-refractivity contribution in [3.8, 4) is 44.5 Å². The molecular weight excluding hydrogens is 544 g/mol.